The normalized spacial score (nSPS) is 11.9. The smallest absolute Gasteiger partial charge is 0.0622 e. The molecule has 176 valence electrons. The lowest BCUT2D eigenvalue weighted by molar-refractivity contribution is 0.230. The van der Waals surface area contributed by atoms with Crippen molar-refractivity contribution in [3.63, 3.8) is 0 Å². The van der Waals surface area contributed by atoms with Crippen LogP contribution in [0.25, 0.3) is 0 Å². The predicted molar refractivity (Wildman–Crippen MR) is 140 cm³/mol. The number of nitriles is 2. The Bertz CT molecular complexity index is 828. The molecule has 0 saturated heterocycles. The average molecular weight is 463 g/mol. The Morgan fingerprint density at radius 2 is 1.24 bits per heavy atom. The zero-order valence-electron chi connectivity index (χ0n) is 20.0. The molecule has 0 aliphatic rings. The molecule has 0 aliphatic carbocycles. The van der Waals surface area contributed by atoms with E-state index in [1.807, 2.05) is 11.8 Å². The molecule has 1 unspecified atom stereocenters. The first-order valence-electron chi connectivity index (χ1n) is 12.0. The number of rotatable bonds is 17. The van der Waals surface area contributed by atoms with Gasteiger partial charge in [0.05, 0.1) is 12.1 Å². The molecule has 2 rings (SSSR count). The lowest BCUT2D eigenvalue weighted by Crippen LogP contribution is -2.32. The van der Waals surface area contributed by atoms with E-state index in [1.165, 1.54) is 11.1 Å². The molecule has 0 amide bonds. The van der Waals surface area contributed by atoms with Crippen LogP contribution in [0, 0.1) is 22.7 Å². The van der Waals surface area contributed by atoms with Crippen molar-refractivity contribution in [1.29, 1.82) is 10.5 Å². The van der Waals surface area contributed by atoms with E-state index in [-0.39, 0.29) is 0 Å². The van der Waals surface area contributed by atoms with Crippen molar-refractivity contribution in [2.24, 2.45) is 0 Å². The summed E-state index contributed by atoms with van der Waals surface area (Å²) in [5.41, 5.74) is 2.68. The van der Waals surface area contributed by atoms with Crippen molar-refractivity contribution in [1.82, 2.24) is 9.80 Å². The molecule has 33 heavy (non-hydrogen) atoms. The van der Waals surface area contributed by atoms with Crippen LogP contribution >= 0.6 is 11.8 Å². The maximum absolute atomic E-state index is 8.99. The van der Waals surface area contributed by atoms with Crippen molar-refractivity contribution >= 4 is 11.8 Å². The van der Waals surface area contributed by atoms with Gasteiger partial charge < -0.3 is 0 Å². The van der Waals surface area contributed by atoms with E-state index in [4.69, 9.17) is 10.5 Å². The molecular formula is C28H38N4S. The minimum absolute atomic E-state index is 0.494. The summed E-state index contributed by atoms with van der Waals surface area (Å²) in [5, 5.41) is 18.4. The van der Waals surface area contributed by atoms with Gasteiger partial charge in [0.25, 0.3) is 0 Å². The lowest BCUT2D eigenvalue weighted by atomic mass is 10.1. The molecule has 2 aromatic rings. The molecule has 2 aromatic carbocycles. The molecule has 0 radical (unpaired) electrons. The largest absolute Gasteiger partial charge is 0.299 e. The van der Waals surface area contributed by atoms with E-state index < -0.39 is 0 Å². The second kappa shape index (κ2) is 17.2. The number of hydrogen-bond donors (Lipinski definition) is 0. The summed E-state index contributed by atoms with van der Waals surface area (Å²) < 4.78 is 0. The monoisotopic (exact) mass is 462 g/mol. The van der Waals surface area contributed by atoms with Crippen LogP contribution in [0.3, 0.4) is 0 Å². The molecule has 0 N–H and O–H groups in total. The van der Waals surface area contributed by atoms with Crippen LogP contribution in [-0.4, -0.2) is 47.5 Å². The van der Waals surface area contributed by atoms with Crippen molar-refractivity contribution in [3.8, 4) is 12.1 Å². The van der Waals surface area contributed by atoms with Crippen LogP contribution in [0.15, 0.2) is 60.7 Å². The maximum Gasteiger partial charge on any atom is 0.0622 e. The van der Waals surface area contributed by atoms with Crippen LogP contribution in [0.4, 0.5) is 0 Å². The summed E-state index contributed by atoms with van der Waals surface area (Å²) in [6, 6.07) is 25.9. The number of unbranched alkanes of at least 4 members (excludes halogenated alkanes) is 2. The Kier molecular flexibility index (Phi) is 14.0. The van der Waals surface area contributed by atoms with Gasteiger partial charge >= 0.3 is 0 Å². The summed E-state index contributed by atoms with van der Waals surface area (Å²) in [6.45, 7) is 6.02. The van der Waals surface area contributed by atoms with E-state index in [0.29, 0.717) is 18.1 Å². The van der Waals surface area contributed by atoms with E-state index in [9.17, 15) is 0 Å². The lowest BCUT2D eigenvalue weighted by Gasteiger charge is -2.27. The second-order valence-electron chi connectivity index (χ2n) is 8.51. The van der Waals surface area contributed by atoms with Gasteiger partial charge in [-0.25, -0.2) is 0 Å². The summed E-state index contributed by atoms with van der Waals surface area (Å²) in [7, 11) is 0. The molecular weight excluding hydrogens is 424 g/mol. The van der Waals surface area contributed by atoms with E-state index in [0.717, 1.165) is 65.0 Å². The van der Waals surface area contributed by atoms with Crippen LogP contribution in [-0.2, 0) is 13.1 Å². The summed E-state index contributed by atoms with van der Waals surface area (Å²) in [4.78, 5) is 5.05. The zero-order valence-corrected chi connectivity index (χ0v) is 20.8. The molecule has 0 saturated carbocycles. The van der Waals surface area contributed by atoms with E-state index in [1.54, 1.807) is 0 Å². The third-order valence-corrected chi connectivity index (χ3v) is 6.88. The molecule has 5 heteroatoms. The topological polar surface area (TPSA) is 54.1 Å². The Morgan fingerprint density at radius 1 is 0.727 bits per heavy atom. The Morgan fingerprint density at radius 3 is 1.79 bits per heavy atom. The molecule has 1 atom stereocenters. The summed E-state index contributed by atoms with van der Waals surface area (Å²) >= 11 is 1.88. The van der Waals surface area contributed by atoms with Gasteiger partial charge in [0.1, 0.15) is 0 Å². The SMILES string of the molecule is CSC(CCC#N)CN(CCCCN(CCCC#N)Cc1ccccc1)Cc1ccccc1. The zero-order chi connectivity index (χ0) is 23.6. The van der Waals surface area contributed by atoms with Crippen molar-refractivity contribution in [3.05, 3.63) is 71.8 Å². The molecule has 0 aliphatic heterocycles. The summed E-state index contributed by atoms with van der Waals surface area (Å²) in [6.07, 6.45) is 7.58. The predicted octanol–water partition coefficient (Wildman–Crippen LogP) is 6.11. The Hall–Kier alpha value is -2.31. The van der Waals surface area contributed by atoms with Crippen LogP contribution in [0.2, 0.25) is 0 Å². The van der Waals surface area contributed by atoms with Crippen molar-refractivity contribution < 1.29 is 0 Å². The van der Waals surface area contributed by atoms with Gasteiger partial charge in [0, 0.05) is 37.7 Å². The Balaban J connectivity index is 1.88. The number of hydrogen-bond acceptors (Lipinski definition) is 5. The highest BCUT2D eigenvalue weighted by Crippen LogP contribution is 2.17. The Labute approximate surface area is 205 Å². The first kappa shape index (κ1) is 26.9. The van der Waals surface area contributed by atoms with Gasteiger partial charge in [-0.1, -0.05) is 60.7 Å². The highest BCUT2D eigenvalue weighted by atomic mass is 32.2. The average Bonchev–Trinajstić information content (AvgIpc) is 2.85. The fraction of sp³-hybridized carbons (Fsp3) is 0.500. The van der Waals surface area contributed by atoms with E-state index >= 15 is 0 Å². The summed E-state index contributed by atoms with van der Waals surface area (Å²) in [5.74, 6) is 0. The van der Waals surface area contributed by atoms with Gasteiger partial charge in [0.2, 0.25) is 0 Å². The standard InChI is InChI=1S/C28H38N4S/c1-33-28(17-12-19-30)25-32(24-27-15-6-3-7-16-27)22-11-10-21-31(20-9-8-18-29)23-26-13-4-2-5-14-26/h2-7,13-16,28H,8-12,17,20-25H2,1H3. The van der Waals surface area contributed by atoms with Gasteiger partial charge in [-0.15, -0.1) is 0 Å². The van der Waals surface area contributed by atoms with Crippen molar-refractivity contribution in [2.45, 2.75) is 56.9 Å². The van der Waals surface area contributed by atoms with E-state index in [2.05, 4.69) is 88.9 Å². The fourth-order valence-electron chi connectivity index (χ4n) is 4.04. The minimum atomic E-state index is 0.494. The molecule has 0 spiro atoms. The molecule has 0 fully saturated rings. The second-order valence-corrected chi connectivity index (χ2v) is 9.64. The van der Waals surface area contributed by atoms with Gasteiger partial charge in [-0.3, -0.25) is 9.80 Å². The molecule has 0 aromatic heterocycles. The fourth-order valence-corrected chi connectivity index (χ4v) is 4.75. The maximum atomic E-state index is 8.99. The van der Waals surface area contributed by atoms with Crippen molar-refractivity contribution in [2.75, 3.05) is 32.4 Å². The number of thioether (sulfide) groups is 1. The third-order valence-electron chi connectivity index (χ3n) is 5.83. The highest BCUT2D eigenvalue weighted by Gasteiger charge is 2.14. The highest BCUT2D eigenvalue weighted by molar-refractivity contribution is 7.99. The number of benzene rings is 2. The van der Waals surface area contributed by atoms with Gasteiger partial charge in [0.15, 0.2) is 0 Å². The first-order chi connectivity index (χ1) is 16.2. The number of nitrogens with zero attached hydrogens (tertiary/aromatic N) is 4. The third kappa shape index (κ3) is 11.9. The van der Waals surface area contributed by atoms with Crippen LogP contribution < -0.4 is 0 Å². The van der Waals surface area contributed by atoms with Crippen LogP contribution in [0.1, 0.15) is 49.7 Å². The van der Waals surface area contributed by atoms with Crippen LogP contribution in [0.5, 0.6) is 0 Å². The molecule has 0 heterocycles. The van der Waals surface area contributed by atoms with Gasteiger partial charge in [-0.05, 0) is 62.7 Å². The minimum Gasteiger partial charge on any atom is -0.299 e. The molecule has 4 nitrogen and oxygen atoms in total. The molecule has 0 bridgehead atoms. The first-order valence-corrected chi connectivity index (χ1v) is 13.3. The van der Waals surface area contributed by atoms with Gasteiger partial charge in [-0.2, -0.15) is 22.3 Å². The quantitative estimate of drug-likeness (QED) is 0.265.